The van der Waals surface area contributed by atoms with Crippen molar-refractivity contribution in [2.45, 2.75) is 40.2 Å². The quantitative estimate of drug-likeness (QED) is 0.346. The second-order valence-corrected chi connectivity index (χ2v) is 5.77. The van der Waals surface area contributed by atoms with Crippen LogP contribution in [0.1, 0.15) is 33.5 Å². The molecule has 0 saturated heterocycles. The van der Waals surface area contributed by atoms with Crippen molar-refractivity contribution in [3.05, 3.63) is 24.2 Å². The molecule has 0 aromatic carbocycles. The molecule has 0 aliphatic carbocycles. The summed E-state index contributed by atoms with van der Waals surface area (Å²) in [6.07, 6.45) is 2.31. The second kappa shape index (κ2) is 10.3. The zero-order chi connectivity index (χ0) is 16.7. The Hall–Kier alpha value is -1.58. The maximum Gasteiger partial charge on any atom is 0.216 e. The summed E-state index contributed by atoms with van der Waals surface area (Å²) in [6, 6.07) is 4.02. The predicted octanol–water partition coefficient (Wildman–Crippen LogP) is 2.82. The number of aromatic nitrogens is 3. The molecule has 1 unspecified atom stereocenters. The largest absolute Gasteiger partial charge is 0.461 e. The van der Waals surface area contributed by atoms with Gasteiger partial charge < -0.3 is 15.1 Å². The van der Waals surface area contributed by atoms with Crippen molar-refractivity contribution in [3.8, 4) is 11.6 Å². The smallest absolute Gasteiger partial charge is 0.216 e. The number of H-pyrrole nitrogens is 1. The van der Waals surface area contributed by atoms with Gasteiger partial charge in [0.15, 0.2) is 11.7 Å². The van der Waals surface area contributed by atoms with Crippen LogP contribution in [-0.4, -0.2) is 40.3 Å². The lowest BCUT2D eigenvalue weighted by atomic mass is 10.1. The molecule has 1 atom stereocenters. The van der Waals surface area contributed by atoms with E-state index in [1.54, 1.807) is 6.26 Å². The van der Waals surface area contributed by atoms with Gasteiger partial charge in [0.1, 0.15) is 5.82 Å². The van der Waals surface area contributed by atoms with Gasteiger partial charge in [0, 0.05) is 25.6 Å². The van der Waals surface area contributed by atoms with Gasteiger partial charge in [-0.1, -0.05) is 13.8 Å². The van der Waals surface area contributed by atoms with Crippen LogP contribution in [0.25, 0.3) is 11.6 Å². The lowest BCUT2D eigenvalue weighted by Gasteiger charge is -2.20. The molecule has 0 aliphatic rings. The van der Waals surface area contributed by atoms with Gasteiger partial charge in [-0.05, 0) is 31.9 Å². The lowest BCUT2D eigenvalue weighted by molar-refractivity contribution is 0.481. The number of furan rings is 1. The molecule has 3 N–H and O–H groups in total. The van der Waals surface area contributed by atoms with Crippen LogP contribution in [0, 0.1) is 5.92 Å². The summed E-state index contributed by atoms with van der Waals surface area (Å²) in [4.78, 5) is 9.00. The Morgan fingerprint density at radius 3 is 2.79 bits per heavy atom. The molecule has 0 amide bonds. The molecule has 2 aromatic heterocycles. The van der Waals surface area contributed by atoms with Crippen LogP contribution >= 0.6 is 24.0 Å². The Bertz CT molecular complexity index is 608. The Kier molecular flexibility index (Phi) is 8.80. The summed E-state index contributed by atoms with van der Waals surface area (Å²) in [5, 5.41) is 13.8. The van der Waals surface area contributed by atoms with Gasteiger partial charge in [0.05, 0.1) is 6.26 Å². The van der Waals surface area contributed by atoms with E-state index in [9.17, 15) is 0 Å². The van der Waals surface area contributed by atoms with Gasteiger partial charge in [-0.25, -0.2) is 4.98 Å². The predicted molar refractivity (Wildman–Crippen MR) is 107 cm³/mol. The fourth-order valence-electron chi connectivity index (χ4n) is 1.90. The van der Waals surface area contributed by atoms with Crippen molar-refractivity contribution in [3.63, 3.8) is 0 Å². The Balaban J connectivity index is 0.00000288. The van der Waals surface area contributed by atoms with E-state index in [1.807, 2.05) is 12.1 Å². The first kappa shape index (κ1) is 20.5. The molecule has 7 nitrogen and oxygen atoms in total. The summed E-state index contributed by atoms with van der Waals surface area (Å²) < 4.78 is 5.28. The van der Waals surface area contributed by atoms with E-state index in [1.165, 1.54) is 0 Å². The van der Waals surface area contributed by atoms with E-state index in [2.05, 4.69) is 58.5 Å². The topological polar surface area (TPSA) is 91.1 Å². The third kappa shape index (κ3) is 6.14. The molecule has 0 aliphatic heterocycles. The Morgan fingerprint density at radius 2 is 2.17 bits per heavy atom. The second-order valence-electron chi connectivity index (χ2n) is 5.77. The lowest BCUT2D eigenvalue weighted by Crippen LogP contribution is -2.44. The molecule has 2 heterocycles. The van der Waals surface area contributed by atoms with E-state index in [0.717, 1.165) is 18.3 Å². The first-order chi connectivity index (χ1) is 11.1. The van der Waals surface area contributed by atoms with Gasteiger partial charge in [-0.15, -0.1) is 24.0 Å². The Labute approximate surface area is 160 Å². The number of halogens is 1. The number of rotatable bonds is 7. The summed E-state index contributed by atoms with van der Waals surface area (Å²) in [5.41, 5.74) is 0. The van der Waals surface area contributed by atoms with Crippen molar-refractivity contribution < 1.29 is 4.42 Å². The van der Waals surface area contributed by atoms with E-state index in [0.29, 0.717) is 36.5 Å². The monoisotopic (exact) mass is 446 g/mol. The summed E-state index contributed by atoms with van der Waals surface area (Å²) in [6.45, 7) is 10.1. The summed E-state index contributed by atoms with van der Waals surface area (Å²) in [5.74, 6) is 3.42. The van der Waals surface area contributed by atoms with E-state index in [-0.39, 0.29) is 24.0 Å². The van der Waals surface area contributed by atoms with Crippen LogP contribution in [-0.2, 0) is 6.42 Å². The highest BCUT2D eigenvalue weighted by molar-refractivity contribution is 14.0. The van der Waals surface area contributed by atoms with Crippen LogP contribution in [0.4, 0.5) is 0 Å². The van der Waals surface area contributed by atoms with E-state index in [4.69, 9.17) is 4.42 Å². The number of hydrogen-bond donors (Lipinski definition) is 3. The number of hydrogen-bond acceptors (Lipinski definition) is 4. The summed E-state index contributed by atoms with van der Waals surface area (Å²) >= 11 is 0. The molecule has 24 heavy (non-hydrogen) atoms. The van der Waals surface area contributed by atoms with Crippen LogP contribution in [0.3, 0.4) is 0 Å². The molecular formula is C16H27IN6O. The standard InChI is InChI=1S/C16H26N6O.HI/c1-5-17-16(19-12(4)11(2)3)18-9-8-14-20-15(22-21-14)13-7-6-10-23-13;/h6-7,10-12H,5,8-9H2,1-4H3,(H2,17,18,19)(H,20,21,22);1H. The molecular weight excluding hydrogens is 419 g/mol. The number of aromatic amines is 1. The van der Waals surface area contributed by atoms with Crippen LogP contribution < -0.4 is 10.6 Å². The Morgan fingerprint density at radius 1 is 1.38 bits per heavy atom. The molecule has 0 fully saturated rings. The van der Waals surface area contributed by atoms with E-state index < -0.39 is 0 Å². The molecule has 134 valence electrons. The van der Waals surface area contributed by atoms with Crippen molar-refractivity contribution >= 4 is 29.9 Å². The zero-order valence-electron chi connectivity index (χ0n) is 14.7. The number of nitrogens with one attached hydrogen (secondary N) is 3. The highest BCUT2D eigenvalue weighted by Gasteiger charge is 2.10. The van der Waals surface area contributed by atoms with Crippen molar-refractivity contribution in [1.29, 1.82) is 0 Å². The van der Waals surface area contributed by atoms with Crippen LogP contribution in [0.2, 0.25) is 0 Å². The molecule has 0 saturated carbocycles. The van der Waals surface area contributed by atoms with Crippen molar-refractivity contribution in [2.75, 3.05) is 13.1 Å². The molecule has 2 aromatic rings. The maximum absolute atomic E-state index is 5.28. The third-order valence-electron chi connectivity index (χ3n) is 3.60. The highest BCUT2D eigenvalue weighted by atomic mass is 127. The van der Waals surface area contributed by atoms with Gasteiger partial charge in [0.25, 0.3) is 0 Å². The van der Waals surface area contributed by atoms with Crippen molar-refractivity contribution in [1.82, 2.24) is 25.8 Å². The average molecular weight is 446 g/mol. The highest BCUT2D eigenvalue weighted by Crippen LogP contribution is 2.14. The fraction of sp³-hybridized carbons (Fsp3) is 0.562. The van der Waals surface area contributed by atoms with Gasteiger partial charge in [-0.2, -0.15) is 5.10 Å². The van der Waals surface area contributed by atoms with E-state index >= 15 is 0 Å². The van der Waals surface area contributed by atoms with Crippen LogP contribution in [0.5, 0.6) is 0 Å². The minimum atomic E-state index is 0. The maximum atomic E-state index is 5.28. The minimum Gasteiger partial charge on any atom is -0.461 e. The normalized spacial score (nSPS) is 12.8. The first-order valence-corrected chi connectivity index (χ1v) is 8.10. The summed E-state index contributed by atoms with van der Waals surface area (Å²) in [7, 11) is 0. The number of guanidine groups is 1. The molecule has 2 rings (SSSR count). The van der Waals surface area contributed by atoms with Gasteiger partial charge in [-0.3, -0.25) is 10.1 Å². The van der Waals surface area contributed by atoms with Gasteiger partial charge in [0.2, 0.25) is 5.82 Å². The molecule has 0 spiro atoms. The third-order valence-corrected chi connectivity index (χ3v) is 3.60. The first-order valence-electron chi connectivity index (χ1n) is 8.10. The van der Waals surface area contributed by atoms with Gasteiger partial charge >= 0.3 is 0 Å². The fourth-order valence-corrected chi connectivity index (χ4v) is 1.90. The van der Waals surface area contributed by atoms with Crippen molar-refractivity contribution in [2.24, 2.45) is 10.9 Å². The molecule has 8 heteroatoms. The number of nitrogens with zero attached hydrogens (tertiary/aromatic N) is 3. The number of aliphatic imine (C=N–C) groups is 1. The molecule has 0 radical (unpaired) electrons. The van der Waals surface area contributed by atoms with Crippen LogP contribution in [0.15, 0.2) is 27.8 Å². The minimum absolute atomic E-state index is 0. The SMILES string of the molecule is CCNC(=NCCc1nc(-c2ccco2)n[nH]1)NC(C)C(C)C.I. The average Bonchev–Trinajstić information content (AvgIpc) is 3.18. The zero-order valence-corrected chi connectivity index (χ0v) is 17.0. The molecule has 0 bridgehead atoms.